The maximum atomic E-state index is 12.7. The van der Waals surface area contributed by atoms with Gasteiger partial charge in [0.15, 0.2) is 0 Å². The maximum Gasteiger partial charge on any atom is 0.339 e. The summed E-state index contributed by atoms with van der Waals surface area (Å²) in [6.45, 7) is 0. The lowest BCUT2D eigenvalue weighted by molar-refractivity contribution is -0.130. The highest BCUT2D eigenvalue weighted by Crippen LogP contribution is 2.24. The molecule has 1 unspecified atom stereocenters. The molecular weight excluding hydrogens is 406 g/mol. The summed E-state index contributed by atoms with van der Waals surface area (Å²) in [4.78, 5) is 37.5. The summed E-state index contributed by atoms with van der Waals surface area (Å²) in [5.74, 6) is -0.951. The number of nitrogens with one attached hydrogen (secondary N) is 3. The number of carbonyl (C=O) groups is 3. The van der Waals surface area contributed by atoms with Crippen LogP contribution in [0.2, 0.25) is 0 Å². The summed E-state index contributed by atoms with van der Waals surface area (Å²) >= 11 is 0. The molecule has 0 heterocycles. The van der Waals surface area contributed by atoms with Gasteiger partial charge in [0.2, 0.25) is 6.10 Å². The smallest absolute Gasteiger partial charge is 0.339 e. The lowest BCUT2D eigenvalue weighted by Crippen LogP contribution is -2.33. The molecule has 32 heavy (non-hydrogen) atoms. The molecular formula is C25H23N3O4. The van der Waals surface area contributed by atoms with E-state index in [1.54, 1.807) is 60.7 Å². The van der Waals surface area contributed by atoms with Crippen LogP contribution in [0, 0.1) is 0 Å². The molecule has 3 aromatic rings. The van der Waals surface area contributed by atoms with Gasteiger partial charge < -0.3 is 20.7 Å². The number of urea groups is 1. The second-order valence-electron chi connectivity index (χ2n) is 7.50. The number of ether oxygens (including phenoxy) is 1. The van der Waals surface area contributed by atoms with Crippen LogP contribution >= 0.6 is 0 Å². The van der Waals surface area contributed by atoms with Gasteiger partial charge in [-0.15, -0.1) is 0 Å². The van der Waals surface area contributed by atoms with Gasteiger partial charge in [-0.05, 0) is 49.2 Å². The molecule has 3 amide bonds. The third-order valence-electron chi connectivity index (χ3n) is 4.90. The highest BCUT2D eigenvalue weighted by molar-refractivity contribution is 6.00. The monoisotopic (exact) mass is 429 g/mol. The first kappa shape index (κ1) is 21.1. The minimum atomic E-state index is -1.03. The molecule has 162 valence electrons. The Hall–Kier alpha value is -4.13. The fourth-order valence-electron chi connectivity index (χ4n) is 3.08. The van der Waals surface area contributed by atoms with Crippen LogP contribution in [0.4, 0.5) is 16.2 Å². The topological polar surface area (TPSA) is 96.5 Å². The van der Waals surface area contributed by atoms with Crippen molar-refractivity contribution in [3.05, 3.63) is 96.1 Å². The number of hydrogen-bond acceptors (Lipinski definition) is 4. The van der Waals surface area contributed by atoms with Crippen molar-refractivity contribution in [2.24, 2.45) is 0 Å². The highest BCUT2D eigenvalue weighted by Gasteiger charge is 2.31. The minimum Gasteiger partial charge on any atom is -0.444 e. The number of esters is 1. The Kier molecular flexibility index (Phi) is 6.46. The zero-order valence-corrected chi connectivity index (χ0v) is 17.3. The van der Waals surface area contributed by atoms with Gasteiger partial charge >= 0.3 is 12.0 Å². The number of amides is 3. The molecule has 1 atom stereocenters. The van der Waals surface area contributed by atoms with Gasteiger partial charge in [0, 0.05) is 23.0 Å². The largest absolute Gasteiger partial charge is 0.444 e. The van der Waals surface area contributed by atoms with E-state index in [0.29, 0.717) is 16.9 Å². The molecule has 0 aliphatic heterocycles. The Balaban J connectivity index is 1.39. The van der Waals surface area contributed by atoms with Gasteiger partial charge in [0.05, 0.1) is 5.56 Å². The molecule has 1 fully saturated rings. The number of para-hydroxylation sites is 1. The standard InChI is InChI=1S/C25H23N3O4/c29-23(26-20-15-16-20)22(17-7-3-1-4-8-17)32-24(30)18-11-13-21(14-12-18)28-25(31)27-19-9-5-2-6-10-19/h1-14,20,22H,15-16H2,(H,26,29)(H2,27,28,31). The lowest BCUT2D eigenvalue weighted by Gasteiger charge is -2.18. The van der Waals surface area contributed by atoms with Gasteiger partial charge in [-0.3, -0.25) is 4.79 Å². The number of anilines is 2. The first-order chi connectivity index (χ1) is 15.6. The van der Waals surface area contributed by atoms with Crippen LogP contribution in [-0.2, 0) is 9.53 Å². The van der Waals surface area contributed by atoms with Crippen LogP contribution in [-0.4, -0.2) is 23.9 Å². The van der Waals surface area contributed by atoms with Gasteiger partial charge in [-0.2, -0.15) is 0 Å². The molecule has 4 rings (SSSR count). The van der Waals surface area contributed by atoms with E-state index in [9.17, 15) is 14.4 Å². The Morgan fingerprint density at radius 3 is 1.91 bits per heavy atom. The van der Waals surface area contributed by atoms with Crippen molar-refractivity contribution in [1.82, 2.24) is 5.32 Å². The number of benzene rings is 3. The fraction of sp³-hybridized carbons (Fsp3) is 0.160. The zero-order chi connectivity index (χ0) is 22.3. The van der Waals surface area contributed by atoms with Crippen molar-refractivity contribution in [2.75, 3.05) is 10.6 Å². The van der Waals surface area contributed by atoms with E-state index in [0.717, 1.165) is 12.8 Å². The van der Waals surface area contributed by atoms with E-state index in [-0.39, 0.29) is 17.5 Å². The SMILES string of the molecule is O=C(Nc1ccccc1)Nc1ccc(C(=O)OC(C(=O)NC2CC2)c2ccccc2)cc1. The molecule has 1 saturated carbocycles. The molecule has 3 aromatic carbocycles. The maximum absolute atomic E-state index is 12.7. The van der Waals surface area contributed by atoms with Crippen molar-refractivity contribution in [2.45, 2.75) is 25.0 Å². The molecule has 0 saturated heterocycles. The van der Waals surface area contributed by atoms with Crippen molar-refractivity contribution in [3.63, 3.8) is 0 Å². The van der Waals surface area contributed by atoms with Crippen LogP contribution in [0.1, 0.15) is 34.9 Å². The number of hydrogen-bond donors (Lipinski definition) is 3. The van der Waals surface area contributed by atoms with E-state index in [2.05, 4.69) is 16.0 Å². The molecule has 0 aromatic heterocycles. The summed E-state index contributed by atoms with van der Waals surface area (Å²) in [5, 5.41) is 8.31. The molecule has 7 heteroatoms. The third-order valence-corrected chi connectivity index (χ3v) is 4.90. The molecule has 3 N–H and O–H groups in total. The number of rotatable bonds is 7. The van der Waals surface area contributed by atoms with Crippen LogP contribution < -0.4 is 16.0 Å². The average molecular weight is 429 g/mol. The van der Waals surface area contributed by atoms with E-state index < -0.39 is 18.1 Å². The van der Waals surface area contributed by atoms with E-state index in [1.807, 2.05) is 24.3 Å². The second kappa shape index (κ2) is 9.78. The summed E-state index contributed by atoms with van der Waals surface area (Å²) in [7, 11) is 0. The molecule has 1 aliphatic carbocycles. The molecule has 7 nitrogen and oxygen atoms in total. The van der Waals surface area contributed by atoms with Gasteiger partial charge in [0.1, 0.15) is 0 Å². The van der Waals surface area contributed by atoms with E-state index >= 15 is 0 Å². The highest BCUT2D eigenvalue weighted by atomic mass is 16.5. The van der Waals surface area contributed by atoms with Gasteiger partial charge in [-0.1, -0.05) is 48.5 Å². The van der Waals surface area contributed by atoms with Gasteiger partial charge in [0.25, 0.3) is 5.91 Å². The summed E-state index contributed by atoms with van der Waals surface area (Å²) in [5.41, 5.74) is 2.07. The summed E-state index contributed by atoms with van der Waals surface area (Å²) in [6, 6.07) is 24.0. The fourth-order valence-corrected chi connectivity index (χ4v) is 3.08. The zero-order valence-electron chi connectivity index (χ0n) is 17.3. The first-order valence-corrected chi connectivity index (χ1v) is 10.4. The van der Waals surface area contributed by atoms with Crippen LogP contribution in [0.15, 0.2) is 84.9 Å². The summed E-state index contributed by atoms with van der Waals surface area (Å²) in [6.07, 6.45) is 0.847. The molecule has 1 aliphatic rings. The Bertz CT molecular complexity index is 1080. The Labute approximate surface area is 185 Å². The van der Waals surface area contributed by atoms with E-state index in [4.69, 9.17) is 4.74 Å². The quantitative estimate of drug-likeness (QED) is 0.482. The van der Waals surface area contributed by atoms with Gasteiger partial charge in [-0.25, -0.2) is 9.59 Å². The first-order valence-electron chi connectivity index (χ1n) is 10.4. The predicted molar refractivity (Wildman–Crippen MR) is 121 cm³/mol. The average Bonchev–Trinajstić information content (AvgIpc) is 3.63. The van der Waals surface area contributed by atoms with Crippen molar-refractivity contribution in [3.8, 4) is 0 Å². The number of carbonyl (C=O) groups excluding carboxylic acids is 3. The van der Waals surface area contributed by atoms with Crippen molar-refractivity contribution < 1.29 is 19.1 Å². The van der Waals surface area contributed by atoms with Crippen molar-refractivity contribution in [1.29, 1.82) is 0 Å². The van der Waals surface area contributed by atoms with Crippen LogP contribution in [0.25, 0.3) is 0 Å². The van der Waals surface area contributed by atoms with Crippen molar-refractivity contribution >= 4 is 29.3 Å². The minimum absolute atomic E-state index is 0.153. The normalized spacial score (nSPS) is 13.5. The predicted octanol–water partition coefficient (Wildman–Crippen LogP) is 4.51. The molecule has 0 radical (unpaired) electrons. The Morgan fingerprint density at radius 1 is 0.750 bits per heavy atom. The van der Waals surface area contributed by atoms with Crippen LogP contribution in [0.5, 0.6) is 0 Å². The second-order valence-corrected chi connectivity index (χ2v) is 7.50. The lowest BCUT2D eigenvalue weighted by atomic mass is 10.1. The third kappa shape index (κ3) is 5.72. The summed E-state index contributed by atoms with van der Waals surface area (Å²) < 4.78 is 5.56. The molecule has 0 bridgehead atoms. The Morgan fingerprint density at radius 2 is 1.31 bits per heavy atom. The molecule has 0 spiro atoms. The van der Waals surface area contributed by atoms with Crippen LogP contribution in [0.3, 0.4) is 0 Å². The van der Waals surface area contributed by atoms with E-state index in [1.165, 1.54) is 0 Å².